The zero-order valence-electron chi connectivity index (χ0n) is 12.0. The van der Waals surface area contributed by atoms with Crippen LogP contribution in [0.3, 0.4) is 0 Å². The lowest BCUT2D eigenvalue weighted by atomic mass is 10.1. The smallest absolute Gasteiger partial charge is 0.313 e. The molecule has 0 saturated heterocycles. The van der Waals surface area contributed by atoms with Crippen LogP contribution in [0.15, 0.2) is 18.2 Å². The Morgan fingerprint density at radius 1 is 1.48 bits per heavy atom. The second-order valence-electron chi connectivity index (χ2n) is 4.76. The van der Waals surface area contributed by atoms with Crippen molar-refractivity contribution >= 4 is 5.69 Å². The van der Waals surface area contributed by atoms with Gasteiger partial charge in [0.2, 0.25) is 0 Å². The molecule has 0 unspecified atom stereocenters. The van der Waals surface area contributed by atoms with Crippen molar-refractivity contribution in [3.8, 4) is 11.4 Å². The average Bonchev–Trinajstić information content (AvgIpc) is 2.90. The fourth-order valence-electron chi connectivity index (χ4n) is 2.15. The highest BCUT2D eigenvalue weighted by molar-refractivity contribution is 5.53. The lowest BCUT2D eigenvalue weighted by molar-refractivity contribution is -0.385. The van der Waals surface area contributed by atoms with Crippen LogP contribution in [0.2, 0.25) is 0 Å². The van der Waals surface area contributed by atoms with Crippen molar-refractivity contribution < 1.29 is 14.8 Å². The third-order valence-corrected chi connectivity index (χ3v) is 3.08. The van der Waals surface area contributed by atoms with Crippen LogP contribution in [0.25, 0.3) is 5.69 Å². The molecule has 0 fully saturated rings. The highest BCUT2D eigenvalue weighted by Gasteiger charge is 2.20. The summed E-state index contributed by atoms with van der Waals surface area (Å²) in [4.78, 5) is 10.6. The molecule has 0 aliphatic heterocycles. The summed E-state index contributed by atoms with van der Waals surface area (Å²) in [5, 5.41) is 28.3. The Balaban J connectivity index is 2.60. The number of nitrogens with zero attached hydrogens (tertiary/aromatic N) is 4. The first kappa shape index (κ1) is 14.9. The van der Waals surface area contributed by atoms with Gasteiger partial charge in [0.15, 0.2) is 5.75 Å². The van der Waals surface area contributed by atoms with Gasteiger partial charge in [-0.2, -0.15) is 0 Å². The van der Waals surface area contributed by atoms with E-state index in [0.29, 0.717) is 11.4 Å². The van der Waals surface area contributed by atoms with E-state index in [1.165, 1.54) is 23.9 Å². The SMILES string of the molecule is COc1ccc(-n2nnc(CO)c2C(C)C)cc1[N+](=O)[O-]. The van der Waals surface area contributed by atoms with Gasteiger partial charge in [0.05, 0.1) is 30.0 Å². The highest BCUT2D eigenvalue weighted by atomic mass is 16.6. The first-order valence-corrected chi connectivity index (χ1v) is 6.37. The van der Waals surface area contributed by atoms with E-state index in [1.54, 1.807) is 6.07 Å². The fraction of sp³-hybridized carbons (Fsp3) is 0.385. The van der Waals surface area contributed by atoms with E-state index >= 15 is 0 Å². The summed E-state index contributed by atoms with van der Waals surface area (Å²) >= 11 is 0. The molecule has 1 N–H and O–H groups in total. The monoisotopic (exact) mass is 292 g/mol. The fourth-order valence-corrected chi connectivity index (χ4v) is 2.15. The lowest BCUT2D eigenvalue weighted by Crippen LogP contribution is -2.06. The van der Waals surface area contributed by atoms with E-state index in [9.17, 15) is 15.2 Å². The lowest BCUT2D eigenvalue weighted by Gasteiger charge is -2.11. The Kier molecular flexibility index (Phi) is 4.18. The van der Waals surface area contributed by atoms with Crippen LogP contribution in [0.5, 0.6) is 5.75 Å². The first-order valence-electron chi connectivity index (χ1n) is 6.37. The number of hydrogen-bond acceptors (Lipinski definition) is 6. The molecule has 0 atom stereocenters. The van der Waals surface area contributed by atoms with Gasteiger partial charge in [0, 0.05) is 6.07 Å². The summed E-state index contributed by atoms with van der Waals surface area (Å²) in [6.45, 7) is 3.64. The molecule has 8 heteroatoms. The van der Waals surface area contributed by atoms with Crippen molar-refractivity contribution in [3.63, 3.8) is 0 Å². The van der Waals surface area contributed by atoms with Crippen LogP contribution < -0.4 is 4.74 Å². The maximum Gasteiger partial charge on any atom is 0.313 e. The normalized spacial score (nSPS) is 10.9. The minimum atomic E-state index is -0.513. The summed E-state index contributed by atoms with van der Waals surface area (Å²) < 4.78 is 6.48. The van der Waals surface area contributed by atoms with Crippen molar-refractivity contribution in [2.75, 3.05) is 7.11 Å². The second kappa shape index (κ2) is 5.88. The Hall–Kier alpha value is -2.48. The van der Waals surface area contributed by atoms with Gasteiger partial charge in [-0.25, -0.2) is 4.68 Å². The molecule has 112 valence electrons. The number of hydrogen-bond donors (Lipinski definition) is 1. The zero-order valence-corrected chi connectivity index (χ0v) is 12.0. The van der Waals surface area contributed by atoms with Gasteiger partial charge in [-0.05, 0) is 18.1 Å². The molecular weight excluding hydrogens is 276 g/mol. The molecule has 1 aromatic heterocycles. The molecule has 0 amide bonds. The van der Waals surface area contributed by atoms with Gasteiger partial charge in [-0.15, -0.1) is 5.10 Å². The standard InChI is InChI=1S/C13H16N4O4/c1-8(2)13-10(7-18)14-15-16(13)9-4-5-12(21-3)11(6-9)17(19)20/h4-6,8,18H,7H2,1-3H3. The number of aliphatic hydroxyl groups is 1. The van der Waals surface area contributed by atoms with Crippen molar-refractivity contribution in [2.24, 2.45) is 0 Å². The van der Waals surface area contributed by atoms with Gasteiger partial charge in [-0.1, -0.05) is 19.1 Å². The number of ether oxygens (including phenoxy) is 1. The number of aromatic nitrogens is 3. The molecule has 1 aromatic carbocycles. The third kappa shape index (κ3) is 2.70. The molecule has 21 heavy (non-hydrogen) atoms. The summed E-state index contributed by atoms with van der Waals surface area (Å²) in [5.74, 6) is 0.237. The summed E-state index contributed by atoms with van der Waals surface area (Å²) in [7, 11) is 1.38. The molecule has 0 radical (unpaired) electrons. The number of methoxy groups -OCH3 is 1. The summed E-state index contributed by atoms with van der Waals surface area (Å²) in [6, 6.07) is 4.55. The molecule has 2 aromatic rings. The second-order valence-corrected chi connectivity index (χ2v) is 4.76. The van der Waals surface area contributed by atoms with Crippen LogP contribution in [0, 0.1) is 10.1 Å². The van der Waals surface area contributed by atoms with Crippen LogP contribution >= 0.6 is 0 Å². The summed E-state index contributed by atoms with van der Waals surface area (Å²) in [5.41, 5.74) is 1.53. The molecule has 1 heterocycles. The molecule has 0 aliphatic rings. The Labute approximate surface area is 121 Å². The molecule has 0 saturated carbocycles. The predicted molar refractivity (Wildman–Crippen MR) is 74.6 cm³/mol. The Morgan fingerprint density at radius 3 is 2.71 bits per heavy atom. The van der Waals surface area contributed by atoms with Crippen LogP contribution in [-0.4, -0.2) is 32.1 Å². The van der Waals surface area contributed by atoms with E-state index in [1.807, 2.05) is 13.8 Å². The van der Waals surface area contributed by atoms with Crippen LogP contribution in [0.4, 0.5) is 5.69 Å². The third-order valence-electron chi connectivity index (χ3n) is 3.08. The van der Waals surface area contributed by atoms with E-state index in [-0.39, 0.29) is 24.0 Å². The van der Waals surface area contributed by atoms with E-state index < -0.39 is 4.92 Å². The number of aliphatic hydroxyl groups excluding tert-OH is 1. The molecule has 0 spiro atoms. The number of nitro benzene ring substituents is 1. The molecule has 0 bridgehead atoms. The van der Waals surface area contributed by atoms with E-state index in [0.717, 1.165) is 5.69 Å². The molecule has 8 nitrogen and oxygen atoms in total. The first-order chi connectivity index (χ1) is 9.99. The molecule has 0 aliphatic carbocycles. The number of nitro groups is 1. The van der Waals surface area contributed by atoms with Gasteiger partial charge >= 0.3 is 5.69 Å². The van der Waals surface area contributed by atoms with Crippen LogP contribution in [-0.2, 0) is 6.61 Å². The average molecular weight is 292 g/mol. The summed E-state index contributed by atoms with van der Waals surface area (Å²) in [6.07, 6.45) is 0. The van der Waals surface area contributed by atoms with E-state index in [4.69, 9.17) is 4.74 Å². The zero-order chi connectivity index (χ0) is 15.6. The maximum absolute atomic E-state index is 11.1. The predicted octanol–water partition coefficient (Wildman–Crippen LogP) is 1.80. The minimum absolute atomic E-state index is 0.0586. The van der Waals surface area contributed by atoms with Crippen molar-refractivity contribution in [3.05, 3.63) is 39.7 Å². The minimum Gasteiger partial charge on any atom is -0.490 e. The van der Waals surface area contributed by atoms with Gasteiger partial charge in [0.25, 0.3) is 0 Å². The number of benzene rings is 1. The van der Waals surface area contributed by atoms with Crippen molar-refractivity contribution in [1.29, 1.82) is 0 Å². The van der Waals surface area contributed by atoms with Crippen molar-refractivity contribution in [1.82, 2.24) is 15.0 Å². The van der Waals surface area contributed by atoms with Gasteiger partial charge < -0.3 is 9.84 Å². The van der Waals surface area contributed by atoms with Gasteiger partial charge in [-0.3, -0.25) is 10.1 Å². The molecule has 2 rings (SSSR count). The number of rotatable bonds is 5. The Bertz CT molecular complexity index is 666. The Morgan fingerprint density at radius 2 is 2.19 bits per heavy atom. The molecular formula is C13H16N4O4. The van der Waals surface area contributed by atoms with Gasteiger partial charge in [0.1, 0.15) is 5.69 Å². The topological polar surface area (TPSA) is 103 Å². The van der Waals surface area contributed by atoms with Crippen LogP contribution in [0.1, 0.15) is 31.2 Å². The maximum atomic E-state index is 11.1. The highest BCUT2D eigenvalue weighted by Crippen LogP contribution is 2.30. The quantitative estimate of drug-likeness (QED) is 0.665. The van der Waals surface area contributed by atoms with Crippen molar-refractivity contribution in [2.45, 2.75) is 26.4 Å². The van der Waals surface area contributed by atoms with E-state index in [2.05, 4.69) is 10.3 Å². The largest absolute Gasteiger partial charge is 0.490 e.